The molecule has 0 aliphatic heterocycles. The lowest BCUT2D eigenvalue weighted by Crippen LogP contribution is -2.32. The Labute approximate surface area is 186 Å². The summed E-state index contributed by atoms with van der Waals surface area (Å²) in [5, 5.41) is 60.0. The van der Waals surface area contributed by atoms with E-state index in [1.54, 1.807) is 6.92 Å². The summed E-state index contributed by atoms with van der Waals surface area (Å²) in [7, 11) is 0. The lowest BCUT2D eigenvalue weighted by Gasteiger charge is -2.06. The van der Waals surface area contributed by atoms with Crippen molar-refractivity contribution < 1.29 is 65.5 Å². The van der Waals surface area contributed by atoms with Crippen molar-refractivity contribution in [1.82, 2.24) is 5.64 Å². The van der Waals surface area contributed by atoms with Gasteiger partial charge in [0.05, 0.1) is 0 Å². The van der Waals surface area contributed by atoms with Crippen molar-refractivity contribution in [3.05, 3.63) is 23.8 Å². The van der Waals surface area contributed by atoms with Gasteiger partial charge in [0.2, 0.25) is 0 Å². The Kier molecular flexibility index (Phi) is 25.8. The molecule has 0 aromatic heterocycles. The van der Waals surface area contributed by atoms with Gasteiger partial charge in [0.25, 0.3) is 0 Å². The summed E-state index contributed by atoms with van der Waals surface area (Å²) in [6.07, 6.45) is 4.93. The van der Waals surface area contributed by atoms with Crippen LogP contribution in [0.3, 0.4) is 0 Å². The van der Waals surface area contributed by atoms with Crippen molar-refractivity contribution in [2.45, 2.75) is 19.4 Å². The molecule has 0 unspecified atom stereocenters. The van der Waals surface area contributed by atoms with Crippen molar-refractivity contribution in [2.24, 2.45) is 5.73 Å². The first-order valence-electron chi connectivity index (χ1n) is 7.59. The lowest BCUT2D eigenvalue weighted by atomic mass is 10.1. The van der Waals surface area contributed by atoms with E-state index in [1.807, 2.05) is 0 Å². The molecule has 0 spiro atoms. The number of carbonyl (C=O) groups is 1. The van der Waals surface area contributed by atoms with E-state index in [4.69, 9.17) is 48.5 Å². The van der Waals surface area contributed by atoms with Crippen LogP contribution in [-0.4, -0.2) is 48.4 Å². The second-order valence-corrected chi connectivity index (χ2v) is 4.41. The van der Waals surface area contributed by atoms with Gasteiger partial charge >= 0.3 is 5.97 Å². The van der Waals surface area contributed by atoms with E-state index in [2.05, 4.69) is 61.5 Å². The average Bonchev–Trinajstić information content (AvgIpc) is 2.78. The zero-order valence-electron chi connectivity index (χ0n) is 16.3. The van der Waals surface area contributed by atoms with Crippen molar-refractivity contribution in [2.75, 3.05) is 0 Å². The van der Waals surface area contributed by atoms with Crippen LogP contribution in [0.15, 0.2) is 18.2 Å². The highest BCUT2D eigenvalue weighted by Crippen LogP contribution is 2.25. The molecule has 14 heteroatoms. The van der Waals surface area contributed by atoms with E-state index < -0.39 is 12.0 Å². The third-order valence-electron chi connectivity index (χ3n) is 2.37. The minimum Gasteiger partial charge on any atom is -0.504 e. The molecule has 0 saturated heterocycles. The molecule has 180 valence electrons. The van der Waals surface area contributed by atoms with E-state index in [0.717, 1.165) is 0 Å². The predicted molar refractivity (Wildman–Crippen MR) is 111 cm³/mol. The molecule has 0 bridgehead atoms. The Morgan fingerprint density at radius 2 is 1.59 bits per heavy atom. The number of carboxylic acids is 1. The number of nitrogens with two attached hydrogens (primary N) is 1. The molecule has 32 heavy (non-hydrogen) atoms. The van der Waals surface area contributed by atoms with E-state index >= 15 is 0 Å². The number of carboxylic acid groups (broad SMARTS) is 1. The highest BCUT2D eigenvalue weighted by molar-refractivity contribution is 5.73. The molecule has 14 nitrogen and oxygen atoms in total. The highest BCUT2D eigenvalue weighted by Gasteiger charge is 2.12. The van der Waals surface area contributed by atoms with Crippen LogP contribution < -0.4 is 11.4 Å². The molecule has 1 rings (SSSR count). The Hall–Kier alpha value is -3.87. The van der Waals surface area contributed by atoms with Gasteiger partial charge in [-0.1, -0.05) is 12.0 Å². The topological polar surface area (TPSA) is 234 Å². The summed E-state index contributed by atoms with van der Waals surface area (Å²) in [6.45, 7) is 1.71. The number of aliphatic carboxylic acids is 1. The summed E-state index contributed by atoms with van der Waals surface area (Å²) in [5.74, 6) is 15.4. The van der Waals surface area contributed by atoms with Gasteiger partial charge in [-0.3, -0.25) is 4.79 Å². The summed E-state index contributed by atoms with van der Waals surface area (Å²) in [4.78, 5) is 16.4. The number of hydrogen-bond donors (Lipinski definition) is 9. The number of aromatic hydroxyl groups is 2. The molecule has 0 amide bonds. The molecule has 0 saturated carbocycles. The minimum atomic E-state index is -1.10. The van der Waals surface area contributed by atoms with Gasteiger partial charge < -0.3 is 21.1 Å². The van der Waals surface area contributed by atoms with E-state index in [1.165, 1.54) is 23.8 Å². The predicted octanol–water partition coefficient (Wildman–Crippen LogP) is 0.706. The number of benzene rings is 1. The van der Waals surface area contributed by atoms with Crippen LogP contribution in [0.2, 0.25) is 0 Å². The largest absolute Gasteiger partial charge is 0.504 e. The first kappa shape index (κ1) is 32.8. The molecular formula is C18H26N2O12. The second kappa shape index (κ2) is 25.2. The molecule has 0 fully saturated rings. The Morgan fingerprint density at radius 1 is 1.06 bits per heavy atom. The Bertz CT molecular complexity index is 876. The van der Waals surface area contributed by atoms with Gasteiger partial charge in [-0.15, -0.1) is 16.4 Å². The van der Waals surface area contributed by atoms with Gasteiger partial charge in [-0.25, -0.2) is 21.0 Å². The van der Waals surface area contributed by atoms with E-state index in [9.17, 15) is 4.79 Å². The number of phenols is 2. The van der Waals surface area contributed by atoms with Crippen LogP contribution in [-0.2, 0) is 31.3 Å². The average molecular weight is 462 g/mol. The molecule has 0 aliphatic rings. The van der Waals surface area contributed by atoms with Gasteiger partial charge in [-0.2, -0.15) is 0 Å². The zero-order chi connectivity index (χ0) is 25.2. The Balaban J connectivity index is -0.0000000873. The number of phenolic OH excluding ortho intramolecular Hbond substituents is 2. The molecular weight excluding hydrogens is 436 g/mol. The molecule has 0 aliphatic carbocycles. The maximum atomic E-state index is 10.4. The third kappa shape index (κ3) is 24.2. The number of rotatable bonds is 6. The first-order valence-corrected chi connectivity index (χ1v) is 7.59. The van der Waals surface area contributed by atoms with Crippen molar-refractivity contribution in [1.29, 1.82) is 0 Å². The number of hydrogen-bond acceptors (Lipinski definition) is 13. The minimum absolute atomic E-state index is 0. The standard InChI is InChI=1S/C9H11NO4.C9H4.H3NO4.H2O4.3H2/c10-6(9(13)14)3-5-1-2-7(11)8(12)4-5;1-3-5-7-9-8-6-4-2;2-4-1-5-3;1-3-4-2;;;/h1-2,4,6,11-12H,3,10H2,(H,13,14);1H,2H3;1-3H;1-2H;3*1H/t6-;;;;;;/m0....../s1. The first-order chi connectivity index (χ1) is 15.2. The van der Waals surface area contributed by atoms with Crippen LogP contribution in [0.5, 0.6) is 11.5 Å². The summed E-state index contributed by atoms with van der Waals surface area (Å²) in [6, 6.07) is 3.09. The maximum Gasteiger partial charge on any atom is 0.320 e. The molecule has 10 N–H and O–H groups in total. The van der Waals surface area contributed by atoms with E-state index in [0.29, 0.717) is 5.56 Å². The highest BCUT2D eigenvalue weighted by atomic mass is 17.6. The quantitative estimate of drug-likeness (QED) is 0.123. The maximum absolute atomic E-state index is 10.4. The Morgan fingerprint density at radius 3 is 1.97 bits per heavy atom. The van der Waals surface area contributed by atoms with Crippen LogP contribution in [0.1, 0.15) is 16.8 Å². The summed E-state index contributed by atoms with van der Waals surface area (Å²) in [5.41, 5.74) is 7.08. The van der Waals surface area contributed by atoms with Gasteiger partial charge in [0.1, 0.15) is 6.04 Å². The molecule has 0 radical (unpaired) electrons. The van der Waals surface area contributed by atoms with Crippen LogP contribution >= 0.6 is 0 Å². The smallest absolute Gasteiger partial charge is 0.320 e. The fourth-order valence-corrected chi connectivity index (χ4v) is 1.25. The molecule has 1 aromatic carbocycles. The monoisotopic (exact) mass is 462 g/mol. The SMILES string of the molecule is C#CC#CC#CC#CC.N[C@@H](Cc1ccc(O)c(O)c1)C(=O)O.OONOO.OOOO.[HH].[HH].[HH]. The van der Waals surface area contributed by atoms with Crippen LogP contribution in [0, 0.1) is 47.9 Å². The summed E-state index contributed by atoms with van der Waals surface area (Å²) >= 11 is 0. The van der Waals surface area contributed by atoms with Gasteiger partial charge in [0.15, 0.2) is 11.5 Å². The van der Waals surface area contributed by atoms with Crippen LogP contribution in [0.4, 0.5) is 0 Å². The van der Waals surface area contributed by atoms with Crippen LogP contribution in [0.25, 0.3) is 0 Å². The number of nitrogens with one attached hydrogen (secondary N) is 1. The third-order valence-corrected chi connectivity index (χ3v) is 2.37. The van der Waals surface area contributed by atoms with Crippen molar-refractivity contribution in [3.63, 3.8) is 0 Å². The molecule has 1 atom stereocenters. The summed E-state index contributed by atoms with van der Waals surface area (Å²) < 4.78 is 0. The fourth-order valence-electron chi connectivity index (χ4n) is 1.25. The van der Waals surface area contributed by atoms with Crippen molar-refractivity contribution >= 4 is 5.97 Å². The van der Waals surface area contributed by atoms with Crippen molar-refractivity contribution in [3.8, 4) is 59.4 Å². The fraction of sp³-hybridized carbons (Fsp3) is 0.167. The second-order valence-electron chi connectivity index (χ2n) is 4.41. The zero-order valence-corrected chi connectivity index (χ0v) is 16.3. The molecule has 1 aromatic rings. The van der Waals surface area contributed by atoms with Gasteiger partial charge in [0, 0.05) is 4.28 Å². The normalized spacial score (nSPS) is 8.66. The lowest BCUT2D eigenvalue weighted by molar-refractivity contribution is -0.611. The van der Waals surface area contributed by atoms with E-state index in [-0.39, 0.29) is 22.2 Å². The van der Waals surface area contributed by atoms with Gasteiger partial charge in [-0.05, 0) is 82.3 Å². The molecule has 0 heterocycles. The number of terminal acetylenes is 1.